The van der Waals surface area contributed by atoms with Crippen LogP contribution >= 0.6 is 0 Å². The first-order valence-corrected chi connectivity index (χ1v) is 7.27. The van der Waals surface area contributed by atoms with Crippen molar-refractivity contribution < 1.29 is 9.53 Å². The van der Waals surface area contributed by atoms with Crippen LogP contribution in [0.15, 0.2) is 24.3 Å². The molecule has 1 aromatic rings. The molecule has 2 atom stereocenters. The van der Waals surface area contributed by atoms with Crippen LogP contribution < -0.4 is 5.32 Å². The van der Waals surface area contributed by atoms with Gasteiger partial charge in [-0.1, -0.05) is 24.3 Å². The second-order valence-corrected chi connectivity index (χ2v) is 5.52. The van der Waals surface area contributed by atoms with Gasteiger partial charge >= 0.3 is 0 Å². The Morgan fingerprint density at radius 1 is 1.37 bits per heavy atom. The molecule has 19 heavy (non-hydrogen) atoms. The predicted octanol–water partition coefficient (Wildman–Crippen LogP) is 2.26. The fourth-order valence-electron chi connectivity index (χ4n) is 3.12. The summed E-state index contributed by atoms with van der Waals surface area (Å²) in [6.45, 7) is 2.62. The van der Waals surface area contributed by atoms with E-state index in [0.717, 1.165) is 39.0 Å². The van der Waals surface area contributed by atoms with Crippen LogP contribution in [0.2, 0.25) is 0 Å². The number of ether oxygens (including phenoxy) is 1. The molecule has 3 heteroatoms. The molecule has 1 aromatic carbocycles. The van der Waals surface area contributed by atoms with E-state index in [-0.39, 0.29) is 12.0 Å². The van der Waals surface area contributed by atoms with E-state index in [9.17, 15) is 4.79 Å². The number of Topliss-reactive ketones (excluding diaryl/α,β-unsaturated/α-hetero) is 1. The zero-order valence-electron chi connectivity index (χ0n) is 11.2. The van der Waals surface area contributed by atoms with Gasteiger partial charge in [0.1, 0.15) is 5.78 Å². The molecule has 1 N–H and O–H groups in total. The van der Waals surface area contributed by atoms with Gasteiger partial charge < -0.3 is 10.1 Å². The Kier molecular flexibility index (Phi) is 3.95. The summed E-state index contributed by atoms with van der Waals surface area (Å²) in [7, 11) is 0. The molecule has 2 heterocycles. The number of fused-ring (bicyclic) bond motifs is 1. The van der Waals surface area contributed by atoms with Crippen molar-refractivity contribution in [3.05, 3.63) is 35.4 Å². The second kappa shape index (κ2) is 5.85. The number of ketones is 1. The highest BCUT2D eigenvalue weighted by molar-refractivity contribution is 5.82. The van der Waals surface area contributed by atoms with E-state index in [1.54, 1.807) is 0 Å². The van der Waals surface area contributed by atoms with Gasteiger partial charge in [-0.15, -0.1) is 0 Å². The third kappa shape index (κ3) is 2.88. The SMILES string of the molecule is O=C(CC1OCCc2ccccc21)C1CCCNC1. The molecule has 1 saturated heterocycles. The lowest BCUT2D eigenvalue weighted by Gasteiger charge is -2.28. The topological polar surface area (TPSA) is 38.3 Å². The molecular formula is C16H21NO2. The van der Waals surface area contributed by atoms with Crippen molar-refractivity contribution in [2.24, 2.45) is 5.92 Å². The zero-order chi connectivity index (χ0) is 13.1. The van der Waals surface area contributed by atoms with Crippen LogP contribution in [0, 0.1) is 5.92 Å². The van der Waals surface area contributed by atoms with E-state index >= 15 is 0 Å². The summed E-state index contributed by atoms with van der Waals surface area (Å²) < 4.78 is 5.82. The Morgan fingerprint density at radius 2 is 2.26 bits per heavy atom. The first kappa shape index (κ1) is 12.8. The van der Waals surface area contributed by atoms with E-state index in [0.29, 0.717) is 12.2 Å². The lowest BCUT2D eigenvalue weighted by Crippen LogP contribution is -2.35. The van der Waals surface area contributed by atoms with Crippen LogP contribution in [0.3, 0.4) is 0 Å². The van der Waals surface area contributed by atoms with Crippen LogP contribution in [0.5, 0.6) is 0 Å². The minimum Gasteiger partial charge on any atom is -0.373 e. The van der Waals surface area contributed by atoms with E-state index in [4.69, 9.17) is 4.74 Å². The first-order chi connectivity index (χ1) is 9.34. The fourth-order valence-corrected chi connectivity index (χ4v) is 3.12. The Labute approximate surface area is 114 Å². The molecule has 2 aliphatic heterocycles. The predicted molar refractivity (Wildman–Crippen MR) is 74.1 cm³/mol. The monoisotopic (exact) mass is 259 g/mol. The van der Waals surface area contributed by atoms with E-state index in [1.165, 1.54) is 11.1 Å². The van der Waals surface area contributed by atoms with Crippen molar-refractivity contribution in [3.8, 4) is 0 Å². The number of rotatable bonds is 3. The molecule has 1 fully saturated rings. The average Bonchev–Trinajstić information content (AvgIpc) is 2.48. The molecule has 0 bridgehead atoms. The summed E-state index contributed by atoms with van der Waals surface area (Å²) in [5.74, 6) is 0.542. The van der Waals surface area contributed by atoms with Gasteiger partial charge in [0.15, 0.2) is 0 Å². The molecule has 0 spiro atoms. The highest BCUT2D eigenvalue weighted by Gasteiger charge is 2.27. The van der Waals surface area contributed by atoms with Crippen molar-refractivity contribution >= 4 is 5.78 Å². The lowest BCUT2D eigenvalue weighted by molar-refractivity contribution is -0.126. The number of carbonyl (C=O) groups excluding carboxylic acids is 1. The Morgan fingerprint density at radius 3 is 3.11 bits per heavy atom. The van der Waals surface area contributed by atoms with Gasteiger partial charge in [0.2, 0.25) is 0 Å². The Balaban J connectivity index is 1.68. The summed E-state index contributed by atoms with van der Waals surface area (Å²) in [4.78, 5) is 12.4. The molecule has 102 valence electrons. The summed E-state index contributed by atoms with van der Waals surface area (Å²) >= 11 is 0. The number of piperidine rings is 1. The highest BCUT2D eigenvalue weighted by atomic mass is 16.5. The molecule has 2 aliphatic rings. The van der Waals surface area contributed by atoms with Crippen molar-refractivity contribution in [3.63, 3.8) is 0 Å². The normalized spacial score (nSPS) is 26.7. The van der Waals surface area contributed by atoms with Gasteiger partial charge in [0.25, 0.3) is 0 Å². The van der Waals surface area contributed by atoms with Crippen LogP contribution in [-0.4, -0.2) is 25.5 Å². The number of benzene rings is 1. The van der Waals surface area contributed by atoms with Gasteiger partial charge in [0, 0.05) is 18.9 Å². The van der Waals surface area contributed by atoms with Crippen LogP contribution in [0.1, 0.15) is 36.5 Å². The molecule has 0 saturated carbocycles. The third-order valence-electron chi connectivity index (χ3n) is 4.23. The smallest absolute Gasteiger partial charge is 0.140 e. The fraction of sp³-hybridized carbons (Fsp3) is 0.562. The number of hydrogen-bond acceptors (Lipinski definition) is 3. The van der Waals surface area contributed by atoms with Gasteiger partial charge in [0.05, 0.1) is 12.7 Å². The van der Waals surface area contributed by atoms with Crippen LogP contribution in [0.25, 0.3) is 0 Å². The molecule has 0 amide bonds. The standard InChI is InChI=1S/C16H21NO2/c18-15(13-5-3-8-17-11-13)10-16-14-6-2-1-4-12(14)7-9-19-16/h1-2,4,6,13,16-17H,3,5,7-11H2. The number of nitrogens with one attached hydrogen (secondary N) is 1. The third-order valence-corrected chi connectivity index (χ3v) is 4.23. The van der Waals surface area contributed by atoms with Crippen molar-refractivity contribution in [1.29, 1.82) is 0 Å². The molecule has 2 unspecified atom stereocenters. The molecule has 0 aromatic heterocycles. The maximum Gasteiger partial charge on any atom is 0.140 e. The molecular weight excluding hydrogens is 238 g/mol. The summed E-state index contributed by atoms with van der Waals surface area (Å²) in [6.07, 6.45) is 3.60. The number of hydrogen-bond donors (Lipinski definition) is 1. The summed E-state index contributed by atoms with van der Waals surface area (Å²) in [5, 5.41) is 3.31. The van der Waals surface area contributed by atoms with Gasteiger partial charge in [-0.3, -0.25) is 4.79 Å². The van der Waals surface area contributed by atoms with Gasteiger partial charge in [-0.05, 0) is 36.9 Å². The van der Waals surface area contributed by atoms with Gasteiger partial charge in [-0.2, -0.15) is 0 Å². The molecule has 3 nitrogen and oxygen atoms in total. The number of carbonyl (C=O) groups is 1. The largest absolute Gasteiger partial charge is 0.373 e. The highest BCUT2D eigenvalue weighted by Crippen LogP contribution is 2.31. The summed E-state index contributed by atoms with van der Waals surface area (Å²) in [6, 6.07) is 8.35. The van der Waals surface area contributed by atoms with E-state index in [1.807, 2.05) is 6.07 Å². The first-order valence-electron chi connectivity index (χ1n) is 7.27. The van der Waals surface area contributed by atoms with Crippen LogP contribution in [0.4, 0.5) is 0 Å². The molecule has 0 radical (unpaired) electrons. The quantitative estimate of drug-likeness (QED) is 0.905. The minimum atomic E-state index is -0.0284. The maximum absolute atomic E-state index is 12.4. The van der Waals surface area contributed by atoms with Crippen molar-refractivity contribution in [2.75, 3.05) is 19.7 Å². The van der Waals surface area contributed by atoms with Crippen molar-refractivity contribution in [1.82, 2.24) is 5.32 Å². The van der Waals surface area contributed by atoms with E-state index in [2.05, 4.69) is 23.5 Å². The Bertz CT molecular complexity index is 452. The van der Waals surface area contributed by atoms with Gasteiger partial charge in [-0.25, -0.2) is 0 Å². The average molecular weight is 259 g/mol. The minimum absolute atomic E-state index is 0.0284. The second-order valence-electron chi connectivity index (χ2n) is 5.52. The van der Waals surface area contributed by atoms with Crippen molar-refractivity contribution in [2.45, 2.75) is 31.8 Å². The maximum atomic E-state index is 12.4. The molecule has 3 rings (SSSR count). The Hall–Kier alpha value is -1.19. The van der Waals surface area contributed by atoms with Crippen LogP contribution in [-0.2, 0) is 16.0 Å². The van der Waals surface area contributed by atoms with E-state index < -0.39 is 0 Å². The summed E-state index contributed by atoms with van der Waals surface area (Å²) in [5.41, 5.74) is 2.55. The lowest BCUT2D eigenvalue weighted by atomic mass is 9.88. The molecule has 0 aliphatic carbocycles. The zero-order valence-corrected chi connectivity index (χ0v) is 11.2.